The first-order valence-electron chi connectivity index (χ1n) is 9.85. The molecular weight excluding hydrogens is 310 g/mol. The van der Waals surface area contributed by atoms with Crippen molar-refractivity contribution in [2.24, 2.45) is 0 Å². The van der Waals surface area contributed by atoms with Crippen molar-refractivity contribution in [3.63, 3.8) is 0 Å². The van der Waals surface area contributed by atoms with Crippen LogP contribution in [-0.4, -0.2) is 18.6 Å². The van der Waals surface area contributed by atoms with Gasteiger partial charge in [-0.25, -0.2) is 0 Å². The Morgan fingerprint density at radius 3 is 2.84 bits per heavy atom. The number of fused-ring (bicyclic) bond motifs is 1. The van der Waals surface area contributed by atoms with E-state index in [2.05, 4.69) is 37.4 Å². The van der Waals surface area contributed by atoms with Gasteiger partial charge >= 0.3 is 0 Å². The molecular formula is C22H31NO2. The second-order valence-electron chi connectivity index (χ2n) is 7.83. The topological polar surface area (TPSA) is 38.3 Å². The molecule has 1 aliphatic heterocycles. The third-order valence-electron chi connectivity index (χ3n) is 5.57. The molecule has 3 nitrogen and oxygen atoms in total. The van der Waals surface area contributed by atoms with Crippen LogP contribution in [0.5, 0.6) is 5.75 Å². The van der Waals surface area contributed by atoms with E-state index in [1.807, 2.05) is 12.1 Å². The van der Waals surface area contributed by atoms with E-state index >= 15 is 0 Å². The van der Waals surface area contributed by atoms with E-state index in [9.17, 15) is 4.79 Å². The molecule has 1 saturated carbocycles. The molecule has 25 heavy (non-hydrogen) atoms. The van der Waals surface area contributed by atoms with Crippen LogP contribution >= 0.6 is 0 Å². The monoisotopic (exact) mass is 341 g/mol. The number of allylic oxidation sites excluding steroid dienone is 2. The molecule has 1 atom stereocenters. The molecule has 0 spiro atoms. The predicted molar refractivity (Wildman–Crippen MR) is 102 cm³/mol. The second-order valence-corrected chi connectivity index (χ2v) is 7.83. The quantitative estimate of drug-likeness (QED) is 0.727. The Hall–Kier alpha value is -1.77. The first-order chi connectivity index (χ1) is 12.1. The fourth-order valence-corrected chi connectivity index (χ4v) is 3.91. The highest BCUT2D eigenvalue weighted by Gasteiger charge is 2.35. The van der Waals surface area contributed by atoms with Gasteiger partial charge in [-0.15, -0.1) is 0 Å². The fourth-order valence-electron chi connectivity index (χ4n) is 3.91. The van der Waals surface area contributed by atoms with Gasteiger partial charge in [-0.1, -0.05) is 57.7 Å². The standard InChI is InChI=1S/C22H31NO2/c1-3-4-5-9-14-22(2)16-25-20-15-17(12-13-19(20)22)21(24)23-18-10-7-6-8-11-18/h5,9,12-13,15,18H,3-4,6-8,10-11,14,16H2,1-2H3,(H,23,24). The molecule has 136 valence electrons. The second kappa shape index (κ2) is 8.07. The lowest BCUT2D eigenvalue weighted by molar-refractivity contribution is 0.0927. The summed E-state index contributed by atoms with van der Waals surface area (Å²) in [6.45, 7) is 5.13. The first kappa shape index (κ1) is 18.0. The van der Waals surface area contributed by atoms with Crippen molar-refractivity contribution in [3.8, 4) is 5.75 Å². The zero-order valence-electron chi connectivity index (χ0n) is 15.6. The Morgan fingerprint density at radius 2 is 2.08 bits per heavy atom. The van der Waals surface area contributed by atoms with Crippen molar-refractivity contribution in [2.75, 3.05) is 6.61 Å². The van der Waals surface area contributed by atoms with Gasteiger partial charge in [0.2, 0.25) is 0 Å². The Balaban J connectivity index is 1.67. The van der Waals surface area contributed by atoms with Crippen molar-refractivity contribution in [1.82, 2.24) is 5.32 Å². The van der Waals surface area contributed by atoms with E-state index < -0.39 is 0 Å². The maximum absolute atomic E-state index is 12.5. The molecule has 1 aromatic rings. The van der Waals surface area contributed by atoms with Crippen LogP contribution in [0.4, 0.5) is 0 Å². The maximum atomic E-state index is 12.5. The van der Waals surface area contributed by atoms with E-state index in [-0.39, 0.29) is 11.3 Å². The zero-order chi connectivity index (χ0) is 17.7. The molecule has 1 aromatic carbocycles. The third-order valence-corrected chi connectivity index (χ3v) is 5.57. The number of ether oxygens (including phenoxy) is 1. The van der Waals surface area contributed by atoms with Crippen LogP contribution in [0.3, 0.4) is 0 Å². The van der Waals surface area contributed by atoms with Crippen molar-refractivity contribution in [2.45, 2.75) is 76.7 Å². The van der Waals surface area contributed by atoms with Crippen LogP contribution in [0, 0.1) is 0 Å². The largest absolute Gasteiger partial charge is 0.492 e. The van der Waals surface area contributed by atoms with E-state index in [0.29, 0.717) is 12.6 Å². The Kier molecular flexibility index (Phi) is 5.82. The van der Waals surface area contributed by atoms with Gasteiger partial charge in [0.25, 0.3) is 5.91 Å². The van der Waals surface area contributed by atoms with Gasteiger partial charge in [-0.2, -0.15) is 0 Å². The van der Waals surface area contributed by atoms with Crippen molar-refractivity contribution >= 4 is 5.91 Å². The van der Waals surface area contributed by atoms with Crippen LogP contribution in [0.15, 0.2) is 30.4 Å². The van der Waals surface area contributed by atoms with Gasteiger partial charge in [-0.3, -0.25) is 4.79 Å². The minimum absolute atomic E-state index is 0.0119. The summed E-state index contributed by atoms with van der Waals surface area (Å²) in [4.78, 5) is 12.5. The van der Waals surface area contributed by atoms with Crippen LogP contribution in [0.2, 0.25) is 0 Å². The molecule has 1 amide bonds. The van der Waals surface area contributed by atoms with Crippen LogP contribution < -0.4 is 10.1 Å². The molecule has 3 heteroatoms. The van der Waals surface area contributed by atoms with E-state index in [4.69, 9.17) is 4.74 Å². The molecule has 1 N–H and O–H groups in total. The summed E-state index contributed by atoms with van der Waals surface area (Å²) in [5, 5.41) is 3.19. The normalized spacial score (nSPS) is 23.4. The number of carbonyl (C=O) groups is 1. The summed E-state index contributed by atoms with van der Waals surface area (Å²) >= 11 is 0. The van der Waals surface area contributed by atoms with Crippen molar-refractivity contribution in [1.29, 1.82) is 0 Å². The molecule has 1 aliphatic carbocycles. The maximum Gasteiger partial charge on any atom is 0.251 e. The number of unbranched alkanes of at least 4 members (excludes halogenated alkanes) is 1. The SMILES string of the molecule is CCCC=CCC1(C)COc2cc(C(=O)NC3CCCCC3)ccc21. The zero-order valence-corrected chi connectivity index (χ0v) is 15.6. The summed E-state index contributed by atoms with van der Waals surface area (Å²) in [6, 6.07) is 6.31. The van der Waals surface area contributed by atoms with Crippen LogP contribution in [0.25, 0.3) is 0 Å². The lowest BCUT2D eigenvalue weighted by Gasteiger charge is -2.23. The van der Waals surface area contributed by atoms with Crippen molar-refractivity contribution < 1.29 is 9.53 Å². The number of hydrogen-bond donors (Lipinski definition) is 1. The number of benzene rings is 1. The van der Waals surface area contributed by atoms with Crippen LogP contribution in [-0.2, 0) is 5.41 Å². The molecule has 0 saturated heterocycles. The molecule has 1 heterocycles. The molecule has 0 radical (unpaired) electrons. The summed E-state index contributed by atoms with van der Waals surface area (Å²) in [5.41, 5.74) is 1.95. The minimum Gasteiger partial charge on any atom is -0.492 e. The molecule has 2 aliphatic rings. The Labute approximate surface area is 151 Å². The van der Waals surface area contributed by atoms with Gasteiger partial charge in [0.05, 0.1) is 6.61 Å². The summed E-state index contributed by atoms with van der Waals surface area (Å²) < 4.78 is 5.94. The fraction of sp³-hybridized carbons (Fsp3) is 0.591. The average molecular weight is 341 g/mol. The van der Waals surface area contributed by atoms with Gasteiger partial charge in [0, 0.05) is 22.6 Å². The Bertz CT molecular complexity index is 631. The molecule has 1 fully saturated rings. The van der Waals surface area contributed by atoms with Crippen molar-refractivity contribution in [3.05, 3.63) is 41.5 Å². The molecule has 0 bridgehead atoms. The van der Waals surface area contributed by atoms with E-state index in [1.54, 1.807) is 0 Å². The van der Waals surface area contributed by atoms with Gasteiger partial charge < -0.3 is 10.1 Å². The smallest absolute Gasteiger partial charge is 0.251 e. The first-order valence-corrected chi connectivity index (χ1v) is 9.85. The summed E-state index contributed by atoms with van der Waals surface area (Å²) in [6.07, 6.45) is 13.8. The Morgan fingerprint density at radius 1 is 1.28 bits per heavy atom. The third kappa shape index (κ3) is 4.26. The number of amides is 1. The predicted octanol–water partition coefficient (Wildman–Crippen LogP) is 5.15. The summed E-state index contributed by atoms with van der Waals surface area (Å²) in [5.74, 6) is 0.914. The lowest BCUT2D eigenvalue weighted by Crippen LogP contribution is -2.36. The van der Waals surface area contributed by atoms with Crippen LogP contribution in [0.1, 0.15) is 81.1 Å². The van der Waals surface area contributed by atoms with E-state index in [1.165, 1.54) is 31.2 Å². The number of nitrogens with one attached hydrogen (secondary N) is 1. The number of carbonyl (C=O) groups excluding carboxylic acids is 1. The van der Waals surface area contributed by atoms with Gasteiger partial charge in [0.1, 0.15) is 5.75 Å². The number of hydrogen-bond acceptors (Lipinski definition) is 2. The molecule has 3 rings (SSSR count). The number of rotatable bonds is 6. The van der Waals surface area contributed by atoms with Gasteiger partial charge in [-0.05, 0) is 37.8 Å². The van der Waals surface area contributed by atoms with Gasteiger partial charge in [0.15, 0.2) is 0 Å². The highest BCUT2D eigenvalue weighted by Crippen LogP contribution is 2.41. The minimum atomic E-state index is 0.0119. The summed E-state index contributed by atoms with van der Waals surface area (Å²) in [7, 11) is 0. The molecule has 0 aromatic heterocycles. The average Bonchev–Trinajstić information content (AvgIpc) is 2.96. The lowest BCUT2D eigenvalue weighted by atomic mass is 9.81. The highest BCUT2D eigenvalue weighted by atomic mass is 16.5. The van der Waals surface area contributed by atoms with E-state index in [0.717, 1.165) is 37.0 Å². The molecule has 1 unspecified atom stereocenters. The highest BCUT2D eigenvalue weighted by molar-refractivity contribution is 5.95.